The first-order chi connectivity index (χ1) is 8.79. The average Bonchev–Trinajstić information content (AvgIpc) is 2.76. The molecule has 0 radical (unpaired) electrons. The fourth-order valence-corrected chi connectivity index (χ4v) is 2.03. The molecule has 0 saturated heterocycles. The molecule has 18 heavy (non-hydrogen) atoms. The van der Waals surface area contributed by atoms with E-state index in [1.54, 1.807) is 6.20 Å². The molecular weight excluding hydrogens is 224 g/mol. The Morgan fingerprint density at radius 2 is 2.28 bits per heavy atom. The number of nitrogens with one attached hydrogen (secondary N) is 1. The number of pyridine rings is 1. The van der Waals surface area contributed by atoms with E-state index in [9.17, 15) is 0 Å². The van der Waals surface area contributed by atoms with Crippen LogP contribution in [-0.4, -0.2) is 21.3 Å². The Morgan fingerprint density at radius 1 is 1.39 bits per heavy atom. The summed E-state index contributed by atoms with van der Waals surface area (Å²) in [6.45, 7) is 3.99. The summed E-state index contributed by atoms with van der Waals surface area (Å²) in [5.41, 5.74) is 3.75. The second kappa shape index (κ2) is 6.31. The van der Waals surface area contributed by atoms with Crippen molar-refractivity contribution in [1.82, 2.24) is 20.1 Å². The highest BCUT2D eigenvalue weighted by atomic mass is 15.3. The maximum absolute atomic E-state index is 4.43. The summed E-state index contributed by atoms with van der Waals surface area (Å²) in [6, 6.07) is 4.09. The lowest BCUT2D eigenvalue weighted by Gasteiger charge is -2.04. The second-order valence-electron chi connectivity index (χ2n) is 4.42. The quantitative estimate of drug-likeness (QED) is 0.787. The molecule has 0 fully saturated rings. The number of aromatic nitrogens is 3. The summed E-state index contributed by atoms with van der Waals surface area (Å²) in [6.07, 6.45) is 7.81. The number of hydrogen-bond donors (Lipinski definition) is 1. The molecule has 0 bridgehead atoms. The molecule has 2 aromatic heterocycles. The maximum atomic E-state index is 4.43. The van der Waals surface area contributed by atoms with Gasteiger partial charge in [-0.1, -0.05) is 13.0 Å². The Labute approximate surface area is 108 Å². The largest absolute Gasteiger partial charge is 0.312 e. The van der Waals surface area contributed by atoms with E-state index in [4.69, 9.17) is 0 Å². The van der Waals surface area contributed by atoms with Gasteiger partial charge in [-0.3, -0.25) is 9.67 Å². The minimum atomic E-state index is 0.886. The molecule has 4 heteroatoms. The molecule has 1 N–H and O–H groups in total. The molecule has 0 aliphatic heterocycles. The SMILES string of the molecule is CCc1nn(C)cc1CNCCc1cccnc1. The van der Waals surface area contributed by atoms with Gasteiger partial charge < -0.3 is 5.32 Å². The smallest absolute Gasteiger partial charge is 0.0666 e. The van der Waals surface area contributed by atoms with E-state index in [-0.39, 0.29) is 0 Å². The second-order valence-corrected chi connectivity index (χ2v) is 4.42. The highest BCUT2D eigenvalue weighted by molar-refractivity contribution is 5.16. The van der Waals surface area contributed by atoms with E-state index < -0.39 is 0 Å². The molecule has 0 amide bonds. The first-order valence-corrected chi connectivity index (χ1v) is 6.40. The minimum Gasteiger partial charge on any atom is -0.312 e. The molecular formula is C14H20N4. The van der Waals surface area contributed by atoms with E-state index >= 15 is 0 Å². The van der Waals surface area contributed by atoms with E-state index in [2.05, 4.69) is 34.6 Å². The van der Waals surface area contributed by atoms with Crippen LogP contribution in [-0.2, 0) is 26.4 Å². The van der Waals surface area contributed by atoms with Crippen LogP contribution in [0.15, 0.2) is 30.7 Å². The Hall–Kier alpha value is -1.68. The molecule has 0 aromatic carbocycles. The van der Waals surface area contributed by atoms with E-state index in [1.165, 1.54) is 16.8 Å². The summed E-state index contributed by atoms with van der Waals surface area (Å²) in [5, 5.41) is 7.89. The van der Waals surface area contributed by atoms with Gasteiger partial charge in [0.25, 0.3) is 0 Å². The van der Waals surface area contributed by atoms with Crippen molar-refractivity contribution in [2.75, 3.05) is 6.54 Å². The van der Waals surface area contributed by atoms with Crippen LogP contribution in [0.2, 0.25) is 0 Å². The predicted molar refractivity (Wildman–Crippen MR) is 72.2 cm³/mol. The summed E-state index contributed by atoms with van der Waals surface area (Å²) in [5.74, 6) is 0. The van der Waals surface area contributed by atoms with Gasteiger partial charge in [0.1, 0.15) is 0 Å². The zero-order chi connectivity index (χ0) is 12.8. The Morgan fingerprint density at radius 3 is 3.00 bits per heavy atom. The van der Waals surface area contributed by atoms with Gasteiger partial charge in [0.15, 0.2) is 0 Å². The number of aryl methyl sites for hydroxylation is 2. The van der Waals surface area contributed by atoms with Crippen LogP contribution >= 0.6 is 0 Å². The van der Waals surface area contributed by atoms with Crippen molar-refractivity contribution in [3.8, 4) is 0 Å². The van der Waals surface area contributed by atoms with Crippen LogP contribution in [0.5, 0.6) is 0 Å². The van der Waals surface area contributed by atoms with Crippen LogP contribution < -0.4 is 5.32 Å². The van der Waals surface area contributed by atoms with Crippen LogP contribution in [0, 0.1) is 0 Å². The Bertz CT molecular complexity index is 476. The standard InChI is InChI=1S/C14H20N4/c1-3-14-13(11-18(2)17-14)10-16-8-6-12-5-4-7-15-9-12/h4-5,7,9,11,16H,3,6,8,10H2,1-2H3. The van der Waals surface area contributed by atoms with E-state index in [0.29, 0.717) is 0 Å². The van der Waals surface area contributed by atoms with Gasteiger partial charge in [0.05, 0.1) is 5.69 Å². The lowest BCUT2D eigenvalue weighted by Crippen LogP contribution is -2.17. The van der Waals surface area contributed by atoms with Gasteiger partial charge in [-0.15, -0.1) is 0 Å². The van der Waals surface area contributed by atoms with Gasteiger partial charge in [0, 0.05) is 37.7 Å². The van der Waals surface area contributed by atoms with Crippen LogP contribution in [0.1, 0.15) is 23.7 Å². The number of nitrogens with zero attached hydrogens (tertiary/aromatic N) is 3. The Kier molecular flexibility index (Phi) is 4.47. The summed E-state index contributed by atoms with van der Waals surface area (Å²) in [4.78, 5) is 4.11. The van der Waals surface area contributed by atoms with Crippen LogP contribution in [0.25, 0.3) is 0 Å². The van der Waals surface area contributed by atoms with Crippen molar-refractivity contribution in [2.24, 2.45) is 7.05 Å². The highest BCUT2D eigenvalue weighted by Gasteiger charge is 2.04. The topological polar surface area (TPSA) is 42.7 Å². The molecule has 0 atom stereocenters. The molecule has 0 saturated carbocycles. The van der Waals surface area contributed by atoms with Gasteiger partial charge in [0.2, 0.25) is 0 Å². The third-order valence-corrected chi connectivity index (χ3v) is 2.96. The van der Waals surface area contributed by atoms with Crippen molar-refractivity contribution in [3.05, 3.63) is 47.5 Å². The molecule has 0 aliphatic carbocycles. The molecule has 0 spiro atoms. The fraction of sp³-hybridized carbons (Fsp3) is 0.429. The molecule has 2 rings (SSSR count). The van der Waals surface area contributed by atoms with Crippen molar-refractivity contribution in [3.63, 3.8) is 0 Å². The lowest BCUT2D eigenvalue weighted by atomic mass is 10.2. The molecule has 96 valence electrons. The maximum Gasteiger partial charge on any atom is 0.0666 e. The van der Waals surface area contributed by atoms with Gasteiger partial charge in [-0.25, -0.2) is 0 Å². The lowest BCUT2D eigenvalue weighted by molar-refractivity contribution is 0.681. The van der Waals surface area contributed by atoms with Crippen molar-refractivity contribution >= 4 is 0 Å². The molecule has 4 nitrogen and oxygen atoms in total. The molecule has 0 unspecified atom stereocenters. The third kappa shape index (κ3) is 3.40. The fourth-order valence-electron chi connectivity index (χ4n) is 2.03. The summed E-state index contributed by atoms with van der Waals surface area (Å²) in [7, 11) is 1.97. The van der Waals surface area contributed by atoms with Crippen molar-refractivity contribution in [2.45, 2.75) is 26.3 Å². The summed E-state index contributed by atoms with van der Waals surface area (Å²) >= 11 is 0. The first-order valence-electron chi connectivity index (χ1n) is 6.40. The zero-order valence-electron chi connectivity index (χ0n) is 11.1. The van der Waals surface area contributed by atoms with Gasteiger partial charge in [-0.05, 0) is 31.0 Å². The van der Waals surface area contributed by atoms with Gasteiger partial charge in [-0.2, -0.15) is 5.10 Å². The summed E-state index contributed by atoms with van der Waals surface area (Å²) < 4.78 is 1.89. The predicted octanol–water partition coefficient (Wildman–Crippen LogP) is 1.71. The molecule has 0 aliphatic rings. The number of hydrogen-bond acceptors (Lipinski definition) is 3. The van der Waals surface area contributed by atoms with Crippen LogP contribution in [0.4, 0.5) is 0 Å². The normalized spacial score (nSPS) is 10.8. The van der Waals surface area contributed by atoms with Crippen LogP contribution in [0.3, 0.4) is 0 Å². The van der Waals surface area contributed by atoms with E-state index in [1.807, 2.05) is 24.0 Å². The third-order valence-electron chi connectivity index (χ3n) is 2.96. The van der Waals surface area contributed by atoms with Crippen molar-refractivity contribution in [1.29, 1.82) is 0 Å². The minimum absolute atomic E-state index is 0.886. The first kappa shape index (κ1) is 12.8. The Balaban J connectivity index is 1.78. The molecule has 2 heterocycles. The van der Waals surface area contributed by atoms with E-state index in [0.717, 1.165) is 25.9 Å². The monoisotopic (exact) mass is 244 g/mol. The number of rotatable bonds is 6. The van der Waals surface area contributed by atoms with Gasteiger partial charge >= 0.3 is 0 Å². The zero-order valence-corrected chi connectivity index (χ0v) is 11.1. The molecule has 2 aromatic rings. The van der Waals surface area contributed by atoms with Crippen molar-refractivity contribution < 1.29 is 0 Å². The highest BCUT2D eigenvalue weighted by Crippen LogP contribution is 2.06. The average molecular weight is 244 g/mol.